The third kappa shape index (κ3) is 9.85. The second-order valence-electron chi connectivity index (χ2n) is 7.63. The summed E-state index contributed by atoms with van der Waals surface area (Å²) in [5, 5.41) is 14.1. The molecule has 1 heterocycles. The van der Waals surface area contributed by atoms with E-state index in [0.29, 0.717) is 23.7 Å². The van der Waals surface area contributed by atoms with Crippen LogP contribution in [0.4, 0.5) is 0 Å². The summed E-state index contributed by atoms with van der Waals surface area (Å²) in [6, 6.07) is 15.0. The molecule has 7 heteroatoms. The van der Waals surface area contributed by atoms with Crippen LogP contribution in [0, 0.1) is 0 Å². The van der Waals surface area contributed by atoms with Gasteiger partial charge in [-0.15, -0.1) is 0 Å². The topological polar surface area (TPSA) is 76.6 Å². The smallest absolute Gasteiger partial charge is 0.253 e. The lowest BCUT2D eigenvalue weighted by atomic mass is 10.1. The van der Waals surface area contributed by atoms with Gasteiger partial charge in [0.25, 0.3) is 5.91 Å². The summed E-state index contributed by atoms with van der Waals surface area (Å²) in [6.07, 6.45) is 2.32. The molecular weight excluding hydrogens is 448 g/mol. The molecule has 2 aromatic rings. The number of halogens is 1. The maximum Gasteiger partial charge on any atom is 0.253 e. The van der Waals surface area contributed by atoms with Gasteiger partial charge in [0.05, 0.1) is 12.1 Å². The number of carbonyl (C=O) groups excluding carboxylic acids is 1. The molecule has 0 aromatic heterocycles. The van der Waals surface area contributed by atoms with Crippen LogP contribution < -0.4 is 16.2 Å². The first-order valence-electron chi connectivity index (χ1n) is 12.1. The van der Waals surface area contributed by atoms with Crippen molar-refractivity contribution < 1.29 is 9.90 Å². The Labute approximate surface area is 210 Å². The number of rotatable bonds is 9. The Morgan fingerprint density at radius 3 is 2.26 bits per heavy atom. The molecule has 2 unspecified atom stereocenters. The Morgan fingerprint density at radius 2 is 1.71 bits per heavy atom. The summed E-state index contributed by atoms with van der Waals surface area (Å²) in [7, 11) is 1.81. The number of nitrogens with zero attached hydrogens (tertiary/aromatic N) is 1. The summed E-state index contributed by atoms with van der Waals surface area (Å²) in [4.78, 5) is 14.4. The Bertz CT molecular complexity index is 869. The van der Waals surface area contributed by atoms with Crippen LogP contribution in [0.5, 0.6) is 0 Å². The zero-order chi connectivity index (χ0) is 25.5. The summed E-state index contributed by atoms with van der Waals surface area (Å²) in [6.45, 7) is 11.8. The van der Waals surface area contributed by atoms with Crippen LogP contribution in [0.15, 0.2) is 60.3 Å². The first-order valence-corrected chi connectivity index (χ1v) is 12.5. The Hall–Kier alpha value is -2.38. The number of benzene rings is 2. The van der Waals surface area contributed by atoms with E-state index >= 15 is 0 Å². The standard InChI is InChI=1S/C23H29ClN4O2.2C2H6/c1-16-13-21(27-26-16)15-28(2)23(30)19-5-3-17(4-6-19)11-12-25-14-22(29)18-7-9-20(24)10-8-18;2*1-2/h3-10,13,21-22,25-27,29H,11-12,14-15H2,1-2H3;2*1-2H3. The van der Waals surface area contributed by atoms with Crippen molar-refractivity contribution >= 4 is 17.5 Å². The minimum atomic E-state index is -0.569. The number of carbonyl (C=O) groups is 1. The van der Waals surface area contributed by atoms with Crippen molar-refractivity contribution in [1.29, 1.82) is 0 Å². The maximum absolute atomic E-state index is 12.6. The van der Waals surface area contributed by atoms with Gasteiger partial charge in [-0.25, -0.2) is 5.43 Å². The van der Waals surface area contributed by atoms with Gasteiger partial charge in [-0.1, -0.05) is 63.6 Å². The normalized spacial score (nSPS) is 15.1. The van der Waals surface area contributed by atoms with Gasteiger partial charge in [-0.2, -0.15) is 0 Å². The second kappa shape index (κ2) is 16.3. The molecule has 6 nitrogen and oxygen atoms in total. The van der Waals surface area contributed by atoms with Crippen LogP contribution in [0.1, 0.15) is 62.2 Å². The molecule has 0 aliphatic carbocycles. The summed E-state index contributed by atoms with van der Waals surface area (Å²) < 4.78 is 0. The number of amides is 1. The molecule has 188 valence electrons. The average Bonchev–Trinajstić information content (AvgIpc) is 3.28. The summed E-state index contributed by atoms with van der Waals surface area (Å²) in [5.41, 5.74) is 9.92. The maximum atomic E-state index is 12.6. The van der Waals surface area contributed by atoms with Crippen molar-refractivity contribution in [2.45, 2.75) is 53.2 Å². The van der Waals surface area contributed by atoms with E-state index in [1.54, 1.807) is 17.0 Å². The Morgan fingerprint density at radius 1 is 1.09 bits per heavy atom. The van der Waals surface area contributed by atoms with E-state index < -0.39 is 6.10 Å². The minimum absolute atomic E-state index is 0.00511. The highest BCUT2D eigenvalue weighted by molar-refractivity contribution is 6.30. The van der Waals surface area contributed by atoms with Gasteiger partial charge in [-0.05, 0) is 61.4 Å². The zero-order valence-electron chi connectivity index (χ0n) is 21.4. The van der Waals surface area contributed by atoms with Crippen molar-refractivity contribution in [1.82, 2.24) is 21.1 Å². The molecule has 0 fully saturated rings. The van der Waals surface area contributed by atoms with E-state index in [1.807, 2.05) is 78.1 Å². The number of hydrogen-bond donors (Lipinski definition) is 4. The fourth-order valence-electron chi connectivity index (χ4n) is 3.38. The van der Waals surface area contributed by atoms with Crippen LogP contribution in [-0.4, -0.2) is 48.6 Å². The number of nitrogens with one attached hydrogen (secondary N) is 3. The highest BCUT2D eigenvalue weighted by Crippen LogP contribution is 2.16. The van der Waals surface area contributed by atoms with Gasteiger partial charge < -0.3 is 20.7 Å². The number of likely N-dealkylation sites (N-methyl/N-ethyl adjacent to an activating group) is 1. The number of aliphatic hydroxyl groups is 1. The zero-order valence-corrected chi connectivity index (χ0v) is 22.1. The lowest BCUT2D eigenvalue weighted by Crippen LogP contribution is -2.41. The molecular formula is C27H41ClN4O2. The van der Waals surface area contributed by atoms with E-state index in [1.165, 1.54) is 0 Å². The fourth-order valence-corrected chi connectivity index (χ4v) is 3.50. The molecule has 0 spiro atoms. The highest BCUT2D eigenvalue weighted by atomic mass is 35.5. The van der Waals surface area contributed by atoms with E-state index in [-0.39, 0.29) is 11.9 Å². The van der Waals surface area contributed by atoms with Gasteiger partial charge in [0.15, 0.2) is 0 Å². The predicted octanol–water partition coefficient (Wildman–Crippen LogP) is 4.71. The molecule has 0 bridgehead atoms. The second-order valence-corrected chi connectivity index (χ2v) is 8.07. The fraction of sp³-hybridized carbons (Fsp3) is 0.444. The van der Waals surface area contributed by atoms with Crippen molar-refractivity contribution in [3.8, 4) is 0 Å². The molecule has 0 saturated carbocycles. The van der Waals surface area contributed by atoms with Crippen LogP contribution >= 0.6 is 11.6 Å². The molecule has 3 rings (SSSR count). The Kier molecular flexibility index (Phi) is 14.2. The van der Waals surface area contributed by atoms with Gasteiger partial charge in [-0.3, -0.25) is 4.79 Å². The van der Waals surface area contributed by atoms with Crippen LogP contribution in [0.2, 0.25) is 5.02 Å². The van der Waals surface area contributed by atoms with Gasteiger partial charge in [0.2, 0.25) is 0 Å². The molecule has 0 radical (unpaired) electrons. The van der Waals surface area contributed by atoms with Crippen molar-refractivity contribution in [3.63, 3.8) is 0 Å². The molecule has 4 N–H and O–H groups in total. The van der Waals surface area contributed by atoms with Crippen molar-refractivity contribution in [2.75, 3.05) is 26.7 Å². The molecule has 1 amide bonds. The predicted molar refractivity (Wildman–Crippen MR) is 143 cm³/mol. The van der Waals surface area contributed by atoms with Crippen LogP contribution in [0.25, 0.3) is 0 Å². The monoisotopic (exact) mass is 488 g/mol. The van der Waals surface area contributed by atoms with Crippen LogP contribution in [-0.2, 0) is 6.42 Å². The number of hydrogen-bond acceptors (Lipinski definition) is 5. The molecule has 2 atom stereocenters. The largest absolute Gasteiger partial charge is 0.387 e. The first kappa shape index (κ1) is 29.7. The molecule has 1 aliphatic heterocycles. The van der Waals surface area contributed by atoms with E-state index in [4.69, 9.17) is 11.6 Å². The SMILES string of the molecule is CC.CC.CC1=CC(CN(C)C(=O)c2ccc(CCNCC(O)c3ccc(Cl)cc3)cc2)NN1. The Balaban J connectivity index is 0.00000137. The summed E-state index contributed by atoms with van der Waals surface area (Å²) in [5.74, 6) is 0.00511. The minimum Gasteiger partial charge on any atom is -0.387 e. The molecule has 2 aromatic carbocycles. The summed E-state index contributed by atoms with van der Waals surface area (Å²) >= 11 is 5.87. The average molecular weight is 489 g/mol. The van der Waals surface area contributed by atoms with Crippen molar-refractivity contribution in [2.24, 2.45) is 0 Å². The quantitative estimate of drug-likeness (QED) is 0.384. The highest BCUT2D eigenvalue weighted by Gasteiger charge is 2.18. The molecule has 0 saturated heterocycles. The van der Waals surface area contributed by atoms with Gasteiger partial charge in [0, 0.05) is 36.4 Å². The number of aliphatic hydroxyl groups excluding tert-OH is 1. The molecule has 34 heavy (non-hydrogen) atoms. The van der Waals surface area contributed by atoms with Crippen molar-refractivity contribution in [3.05, 3.63) is 82.0 Å². The van der Waals surface area contributed by atoms with E-state index in [0.717, 1.165) is 29.8 Å². The third-order valence-electron chi connectivity index (χ3n) is 5.11. The van der Waals surface area contributed by atoms with Gasteiger partial charge >= 0.3 is 0 Å². The third-order valence-corrected chi connectivity index (χ3v) is 5.36. The van der Waals surface area contributed by atoms with E-state index in [2.05, 4.69) is 22.2 Å². The number of allylic oxidation sites excluding steroid dienone is 1. The lowest BCUT2D eigenvalue weighted by molar-refractivity contribution is 0.0787. The van der Waals surface area contributed by atoms with E-state index in [9.17, 15) is 9.90 Å². The number of hydrazine groups is 1. The van der Waals surface area contributed by atoms with Gasteiger partial charge in [0.1, 0.15) is 0 Å². The molecule has 1 aliphatic rings. The lowest BCUT2D eigenvalue weighted by Gasteiger charge is -2.20. The van der Waals surface area contributed by atoms with Crippen LogP contribution in [0.3, 0.4) is 0 Å². The first-order chi connectivity index (χ1) is 16.4.